The van der Waals surface area contributed by atoms with Gasteiger partial charge in [0.25, 0.3) is 5.91 Å². The van der Waals surface area contributed by atoms with E-state index >= 15 is 0 Å². The maximum Gasteiger partial charge on any atom is 0.337 e. The summed E-state index contributed by atoms with van der Waals surface area (Å²) < 4.78 is 4.72. The summed E-state index contributed by atoms with van der Waals surface area (Å²) in [5, 5.41) is 4.21. The number of nitrogens with one attached hydrogen (secondary N) is 1. The average Bonchev–Trinajstić information content (AvgIpc) is 2.79. The van der Waals surface area contributed by atoms with E-state index in [1.54, 1.807) is 36.4 Å². The number of carbonyl (C=O) groups is 2. The predicted octanol–water partition coefficient (Wildman–Crippen LogP) is 4.88. The van der Waals surface area contributed by atoms with Gasteiger partial charge in [0.15, 0.2) is 0 Å². The number of nitrogens with zero attached hydrogens (tertiary/aromatic N) is 2. The highest BCUT2D eigenvalue weighted by Crippen LogP contribution is 2.31. The molecular formula is C24H19ClN4O3. The molecule has 0 aliphatic heterocycles. The van der Waals surface area contributed by atoms with Gasteiger partial charge in [0.2, 0.25) is 5.95 Å². The molecule has 4 rings (SSSR count). The van der Waals surface area contributed by atoms with Crippen LogP contribution in [0.4, 0.5) is 11.6 Å². The van der Waals surface area contributed by atoms with Crippen molar-refractivity contribution < 1.29 is 14.3 Å². The quantitative estimate of drug-likeness (QED) is 0.432. The number of halogens is 1. The number of benzene rings is 3. The van der Waals surface area contributed by atoms with Gasteiger partial charge in [0.1, 0.15) is 0 Å². The molecule has 1 aromatic heterocycles. The van der Waals surface area contributed by atoms with E-state index in [9.17, 15) is 9.59 Å². The molecule has 4 aromatic rings. The van der Waals surface area contributed by atoms with E-state index in [4.69, 9.17) is 22.1 Å². The smallest absolute Gasteiger partial charge is 0.337 e. The SMILES string of the molecule is COC(=O)c1cccc(C(=O)Nc2cc(-c3nc(N)nc4ccc(Cl)cc34)ccc2C)c1. The summed E-state index contributed by atoms with van der Waals surface area (Å²) in [6, 6.07) is 17.2. The molecule has 0 bridgehead atoms. The van der Waals surface area contributed by atoms with Crippen molar-refractivity contribution in [3.8, 4) is 11.3 Å². The van der Waals surface area contributed by atoms with Crippen molar-refractivity contribution in [2.75, 3.05) is 18.2 Å². The van der Waals surface area contributed by atoms with Gasteiger partial charge >= 0.3 is 5.97 Å². The Bertz CT molecular complexity index is 1370. The van der Waals surface area contributed by atoms with Gasteiger partial charge in [0, 0.05) is 27.2 Å². The summed E-state index contributed by atoms with van der Waals surface area (Å²) in [6.45, 7) is 1.88. The molecule has 0 spiro atoms. The summed E-state index contributed by atoms with van der Waals surface area (Å²) in [7, 11) is 1.29. The molecule has 8 heteroatoms. The van der Waals surface area contributed by atoms with Gasteiger partial charge in [-0.3, -0.25) is 4.79 Å². The number of fused-ring (bicyclic) bond motifs is 1. The third kappa shape index (κ3) is 4.24. The van der Waals surface area contributed by atoms with Crippen LogP contribution in [-0.2, 0) is 4.74 Å². The number of carbonyl (C=O) groups excluding carboxylic acids is 2. The molecule has 0 saturated heterocycles. The predicted molar refractivity (Wildman–Crippen MR) is 125 cm³/mol. The molecule has 0 radical (unpaired) electrons. The molecule has 160 valence electrons. The van der Waals surface area contributed by atoms with E-state index in [2.05, 4.69) is 15.3 Å². The fraction of sp³-hybridized carbons (Fsp3) is 0.0833. The van der Waals surface area contributed by atoms with Crippen molar-refractivity contribution in [1.82, 2.24) is 9.97 Å². The zero-order chi connectivity index (χ0) is 22.8. The maximum absolute atomic E-state index is 12.9. The van der Waals surface area contributed by atoms with E-state index in [1.807, 2.05) is 25.1 Å². The van der Waals surface area contributed by atoms with E-state index in [1.165, 1.54) is 13.2 Å². The van der Waals surface area contributed by atoms with Gasteiger partial charge in [0.05, 0.1) is 23.9 Å². The first-order valence-electron chi connectivity index (χ1n) is 9.69. The number of amides is 1. The van der Waals surface area contributed by atoms with Crippen LogP contribution in [0, 0.1) is 6.92 Å². The number of rotatable bonds is 4. The minimum atomic E-state index is -0.510. The van der Waals surface area contributed by atoms with Gasteiger partial charge < -0.3 is 15.8 Å². The van der Waals surface area contributed by atoms with Crippen molar-refractivity contribution in [1.29, 1.82) is 0 Å². The summed E-state index contributed by atoms with van der Waals surface area (Å²) in [6.07, 6.45) is 0. The highest BCUT2D eigenvalue weighted by atomic mass is 35.5. The number of aromatic nitrogens is 2. The molecule has 0 atom stereocenters. The van der Waals surface area contributed by atoms with Crippen LogP contribution in [0.5, 0.6) is 0 Å². The minimum Gasteiger partial charge on any atom is -0.465 e. The minimum absolute atomic E-state index is 0.139. The van der Waals surface area contributed by atoms with Gasteiger partial charge in [-0.1, -0.05) is 29.8 Å². The highest BCUT2D eigenvalue weighted by Gasteiger charge is 2.14. The standard InChI is InChI=1S/C24H19ClN4O3/c1-13-6-7-14(21-18-12-17(25)8-9-19(18)28-24(26)29-21)11-20(13)27-22(30)15-4-3-5-16(10-15)23(31)32-2/h3-12H,1-2H3,(H,27,30)(H2,26,28,29). The van der Waals surface area contributed by atoms with Crippen LogP contribution in [0.1, 0.15) is 26.3 Å². The number of aryl methyl sites for hydroxylation is 1. The van der Waals surface area contributed by atoms with Crippen LogP contribution in [0.15, 0.2) is 60.7 Å². The van der Waals surface area contributed by atoms with Crippen molar-refractivity contribution in [2.24, 2.45) is 0 Å². The van der Waals surface area contributed by atoms with Crippen LogP contribution in [0.25, 0.3) is 22.2 Å². The Balaban J connectivity index is 1.72. The number of esters is 1. The van der Waals surface area contributed by atoms with Gasteiger partial charge in [-0.15, -0.1) is 0 Å². The van der Waals surface area contributed by atoms with Crippen LogP contribution >= 0.6 is 11.6 Å². The molecular weight excluding hydrogens is 428 g/mol. The molecule has 3 N–H and O–H groups in total. The Morgan fingerprint density at radius 1 is 1.00 bits per heavy atom. The summed E-state index contributed by atoms with van der Waals surface area (Å²) in [5.74, 6) is -0.726. The molecule has 3 aromatic carbocycles. The van der Waals surface area contributed by atoms with Crippen molar-refractivity contribution >= 4 is 46.0 Å². The number of anilines is 2. The summed E-state index contributed by atoms with van der Waals surface area (Å²) >= 11 is 6.18. The molecule has 0 aliphatic rings. The molecule has 0 unspecified atom stereocenters. The zero-order valence-electron chi connectivity index (χ0n) is 17.3. The third-order valence-corrected chi connectivity index (χ3v) is 5.22. The van der Waals surface area contributed by atoms with Gasteiger partial charge in [-0.05, 0) is 55.0 Å². The first-order chi connectivity index (χ1) is 15.4. The topological polar surface area (TPSA) is 107 Å². The lowest BCUT2D eigenvalue weighted by molar-refractivity contribution is 0.0600. The van der Waals surface area contributed by atoms with Gasteiger partial charge in [-0.25, -0.2) is 14.8 Å². The normalized spacial score (nSPS) is 10.7. The van der Waals surface area contributed by atoms with E-state index in [-0.39, 0.29) is 11.9 Å². The van der Waals surface area contributed by atoms with Crippen LogP contribution < -0.4 is 11.1 Å². The second kappa shape index (κ2) is 8.64. The third-order valence-electron chi connectivity index (χ3n) is 4.98. The zero-order valence-corrected chi connectivity index (χ0v) is 18.1. The largest absolute Gasteiger partial charge is 0.465 e. The first kappa shape index (κ1) is 21.3. The second-order valence-electron chi connectivity index (χ2n) is 7.15. The first-order valence-corrected chi connectivity index (χ1v) is 10.1. The Morgan fingerprint density at radius 2 is 1.78 bits per heavy atom. The Kier molecular flexibility index (Phi) is 5.75. The molecule has 32 heavy (non-hydrogen) atoms. The summed E-state index contributed by atoms with van der Waals surface area (Å²) in [4.78, 5) is 33.3. The molecule has 0 saturated carbocycles. The number of methoxy groups -OCH3 is 1. The van der Waals surface area contributed by atoms with Crippen molar-refractivity contribution in [3.63, 3.8) is 0 Å². The molecule has 1 amide bonds. The highest BCUT2D eigenvalue weighted by molar-refractivity contribution is 6.31. The maximum atomic E-state index is 12.9. The fourth-order valence-electron chi connectivity index (χ4n) is 3.34. The van der Waals surface area contributed by atoms with Crippen LogP contribution in [-0.4, -0.2) is 29.0 Å². The number of nitrogen functional groups attached to an aromatic ring is 1. The molecule has 0 fully saturated rings. The lowest BCUT2D eigenvalue weighted by Crippen LogP contribution is -2.14. The lowest BCUT2D eigenvalue weighted by Gasteiger charge is -2.13. The van der Waals surface area contributed by atoms with E-state index in [0.29, 0.717) is 33.0 Å². The average molecular weight is 447 g/mol. The number of nitrogens with two attached hydrogens (primary N) is 1. The Morgan fingerprint density at radius 3 is 2.56 bits per heavy atom. The molecule has 1 heterocycles. The summed E-state index contributed by atoms with van der Waals surface area (Å²) in [5.41, 5.74) is 10.0. The van der Waals surface area contributed by atoms with Crippen LogP contribution in [0.3, 0.4) is 0 Å². The van der Waals surface area contributed by atoms with Crippen molar-refractivity contribution in [2.45, 2.75) is 6.92 Å². The Labute approximate surface area is 189 Å². The van der Waals surface area contributed by atoms with Gasteiger partial charge in [-0.2, -0.15) is 0 Å². The second-order valence-corrected chi connectivity index (χ2v) is 7.58. The van der Waals surface area contributed by atoms with Crippen LogP contribution in [0.2, 0.25) is 5.02 Å². The fourth-order valence-corrected chi connectivity index (χ4v) is 3.51. The Hall–Kier alpha value is -3.97. The van der Waals surface area contributed by atoms with Crippen molar-refractivity contribution in [3.05, 3.63) is 82.4 Å². The number of hydrogen-bond donors (Lipinski definition) is 2. The number of hydrogen-bond acceptors (Lipinski definition) is 6. The molecule has 0 aliphatic carbocycles. The van der Waals surface area contributed by atoms with E-state index < -0.39 is 5.97 Å². The number of ether oxygens (including phenoxy) is 1. The monoisotopic (exact) mass is 446 g/mol. The van der Waals surface area contributed by atoms with E-state index in [0.717, 1.165) is 16.5 Å². The lowest BCUT2D eigenvalue weighted by atomic mass is 10.0. The molecule has 7 nitrogen and oxygen atoms in total.